The molecule has 17 nitrogen and oxygen atoms in total. The molecule has 0 aliphatic carbocycles. The normalized spacial score (nSPS) is 15.1. The van der Waals surface area contributed by atoms with Crippen molar-refractivity contribution in [1.29, 1.82) is 0 Å². The summed E-state index contributed by atoms with van der Waals surface area (Å²) in [6, 6.07) is 0. The molecule has 0 amide bonds. The van der Waals surface area contributed by atoms with Crippen LogP contribution in [0, 0.1) is 0 Å². The maximum Gasteiger partial charge on any atom is 0.472 e. The van der Waals surface area contributed by atoms with Crippen LogP contribution in [-0.2, 0) is 65.4 Å². The highest BCUT2D eigenvalue weighted by Gasteiger charge is 2.30. The molecule has 0 aromatic heterocycles. The van der Waals surface area contributed by atoms with Gasteiger partial charge in [0.1, 0.15) is 19.3 Å². The number of carbonyl (C=O) groups excluding carboxylic acids is 4. The average Bonchev–Trinajstić information content (AvgIpc) is 0.900. The van der Waals surface area contributed by atoms with Gasteiger partial charge in [-0.1, -0.05) is 290 Å². The first kappa shape index (κ1) is 103. The van der Waals surface area contributed by atoms with Crippen LogP contribution in [0.1, 0.15) is 246 Å². The molecular weight excluding hydrogens is 1430 g/mol. The molecule has 0 radical (unpaired) electrons. The summed E-state index contributed by atoms with van der Waals surface area (Å²) in [5.41, 5.74) is 0. The van der Waals surface area contributed by atoms with E-state index in [9.17, 15) is 43.2 Å². The van der Waals surface area contributed by atoms with Gasteiger partial charge in [0, 0.05) is 25.7 Å². The summed E-state index contributed by atoms with van der Waals surface area (Å²) in [6.07, 6.45) is 105. The van der Waals surface area contributed by atoms with Gasteiger partial charge >= 0.3 is 39.5 Å². The van der Waals surface area contributed by atoms with Crippen LogP contribution >= 0.6 is 15.6 Å². The molecule has 0 aliphatic heterocycles. The van der Waals surface area contributed by atoms with Gasteiger partial charge in [-0.05, 0) is 173 Å². The van der Waals surface area contributed by atoms with Gasteiger partial charge in [-0.3, -0.25) is 37.3 Å². The van der Waals surface area contributed by atoms with Gasteiger partial charge < -0.3 is 33.8 Å². The quantitative estimate of drug-likeness (QED) is 0.0169. The number of esters is 4. The minimum Gasteiger partial charge on any atom is -0.462 e. The fourth-order valence-corrected chi connectivity index (χ4v) is 11.0. The molecule has 0 saturated heterocycles. The number of carbonyl (C=O) groups is 4. The van der Waals surface area contributed by atoms with Gasteiger partial charge in [-0.2, -0.15) is 0 Å². The maximum atomic E-state index is 13.1. The number of unbranched alkanes of at least 4 members (excludes halogenated alkanes) is 6. The van der Waals surface area contributed by atoms with Crippen LogP contribution in [0.4, 0.5) is 0 Å². The standard InChI is InChI=1S/C91H138O17P2/c1-5-9-13-17-21-25-29-33-37-40-42-45-49-52-56-60-64-68-72-76-89(94)102-82-87(108-91(96)78-74-70-66-62-58-54-50-46-43-41-38-34-30-26-22-18-14-10-6-2)84-106-110(99,100)104-80-85(92)79-103-109(97,98)105-83-86(107-90(95)77-73-69-65-61-57-53-47-36-32-28-24-20-16-12-8-4)81-101-88(93)75-71-67-63-59-55-51-48-44-39-35-31-27-23-19-15-11-7-3/h9-16,21-28,33-39,42-43,45-48,51-52,54,56,58-59,63-64,66,68,70,85-87,92H,5-8,17-20,29-32,40-41,44,49-50,53,55,57,60-62,65,67,69,71-84H2,1-4H3,(H,97,98)(H,99,100)/b13-9-,14-10-,15-11-,16-12-,25-21-,26-22-,27-23-,28-24-,37-33-,38-34-,39-35-,45-42-,46-43-,47-36-,51-48-,56-52-,58-54-,63-59-,68-64-,70-66-. The first-order valence-electron chi connectivity index (χ1n) is 40.3. The molecule has 0 rings (SSSR count). The van der Waals surface area contributed by atoms with Crippen LogP contribution in [0.25, 0.3) is 0 Å². The van der Waals surface area contributed by atoms with Crippen LogP contribution < -0.4 is 0 Å². The number of hydrogen-bond donors (Lipinski definition) is 3. The number of phosphoric ester groups is 2. The first-order valence-corrected chi connectivity index (χ1v) is 43.3. The molecule has 0 aromatic carbocycles. The van der Waals surface area contributed by atoms with Crippen LogP contribution in [0.15, 0.2) is 243 Å². The Morgan fingerprint density at radius 1 is 0.255 bits per heavy atom. The molecule has 5 atom stereocenters. The summed E-state index contributed by atoms with van der Waals surface area (Å²) in [5, 5.41) is 10.7. The lowest BCUT2D eigenvalue weighted by atomic mass is 10.1. The average molecular weight is 1570 g/mol. The van der Waals surface area contributed by atoms with Crippen LogP contribution in [0.5, 0.6) is 0 Å². The van der Waals surface area contributed by atoms with Crippen LogP contribution in [0.2, 0.25) is 0 Å². The minimum absolute atomic E-state index is 0.00735. The van der Waals surface area contributed by atoms with E-state index in [0.29, 0.717) is 44.9 Å². The lowest BCUT2D eigenvalue weighted by Gasteiger charge is -2.21. The SMILES string of the molecule is CC/C=C\C/C=C\C/C=C\C/C=C\C/C=C\C/C=C\CCC(=O)OCC(COP(=O)(O)OCC(O)COP(=O)(O)OCC(COC(=O)CCC/C=C\C/C=C\C/C=C\C/C=C\C/C=C\CC)OC(=O)CCCCCCC/C=C\C/C=C\C/C=C\CC)OC(=O)CC/C=C\C/C=C\C/C=C\C/C=C\C/C=C\C/C=C\CC. The second-order valence-corrected chi connectivity index (χ2v) is 28.4. The summed E-state index contributed by atoms with van der Waals surface area (Å²) in [4.78, 5) is 73.0. The summed E-state index contributed by atoms with van der Waals surface area (Å²) in [7, 11) is -10.1. The monoisotopic (exact) mass is 1560 g/mol. The van der Waals surface area contributed by atoms with Crippen molar-refractivity contribution >= 4 is 39.5 Å². The summed E-state index contributed by atoms with van der Waals surface area (Å²) >= 11 is 0. The van der Waals surface area contributed by atoms with Crippen LogP contribution in [-0.4, -0.2) is 96.7 Å². The number of aliphatic hydroxyl groups is 1. The molecule has 110 heavy (non-hydrogen) atoms. The number of allylic oxidation sites excluding steroid dienone is 40. The smallest absolute Gasteiger partial charge is 0.462 e. The van der Waals surface area contributed by atoms with E-state index < -0.39 is 97.5 Å². The van der Waals surface area contributed by atoms with Crippen molar-refractivity contribution in [2.75, 3.05) is 39.6 Å². The van der Waals surface area contributed by atoms with Crippen molar-refractivity contribution in [2.24, 2.45) is 0 Å². The second kappa shape index (κ2) is 79.9. The van der Waals surface area contributed by atoms with E-state index in [1.165, 1.54) is 0 Å². The number of hydrogen-bond acceptors (Lipinski definition) is 15. The highest BCUT2D eigenvalue weighted by molar-refractivity contribution is 7.47. The Balaban J connectivity index is 5.61. The van der Waals surface area contributed by atoms with E-state index in [1.807, 2.05) is 48.6 Å². The van der Waals surface area contributed by atoms with Crippen molar-refractivity contribution in [3.8, 4) is 0 Å². The molecular formula is C91H138O17P2. The number of rotatable bonds is 72. The maximum absolute atomic E-state index is 13.1. The zero-order chi connectivity index (χ0) is 80.3. The van der Waals surface area contributed by atoms with Crippen molar-refractivity contribution in [2.45, 2.75) is 264 Å². The third-order valence-electron chi connectivity index (χ3n) is 15.3. The Hall–Kier alpha value is -7.14. The largest absolute Gasteiger partial charge is 0.472 e. The van der Waals surface area contributed by atoms with Crippen molar-refractivity contribution < 1.29 is 80.2 Å². The molecule has 0 aromatic rings. The zero-order valence-corrected chi connectivity index (χ0v) is 68.9. The fraction of sp³-hybridized carbons (Fsp3) is 0.516. The molecule has 0 spiro atoms. The Kier molecular flexibility index (Phi) is 74.7. The van der Waals surface area contributed by atoms with E-state index in [4.69, 9.17) is 37.0 Å². The van der Waals surface area contributed by atoms with E-state index in [-0.39, 0.29) is 25.7 Å². The first-order chi connectivity index (χ1) is 53.7. The number of ether oxygens (including phenoxy) is 4. The predicted octanol–water partition coefficient (Wildman–Crippen LogP) is 24.0. The Morgan fingerprint density at radius 2 is 0.473 bits per heavy atom. The van der Waals surface area contributed by atoms with E-state index in [0.717, 1.165) is 148 Å². The Labute approximate surface area is 663 Å². The molecule has 0 aliphatic rings. The zero-order valence-electron chi connectivity index (χ0n) is 67.1. The summed E-state index contributed by atoms with van der Waals surface area (Å²) in [5.74, 6) is -2.50. The van der Waals surface area contributed by atoms with E-state index in [2.05, 4.69) is 222 Å². The van der Waals surface area contributed by atoms with Gasteiger partial charge in [-0.25, -0.2) is 9.13 Å². The van der Waals surface area contributed by atoms with Gasteiger partial charge in [0.25, 0.3) is 0 Å². The molecule has 0 saturated carbocycles. The Bertz CT molecular complexity index is 3050. The fourth-order valence-electron chi connectivity index (χ4n) is 9.38. The summed E-state index contributed by atoms with van der Waals surface area (Å²) < 4.78 is 68.4. The number of phosphoric acid groups is 2. The second-order valence-electron chi connectivity index (χ2n) is 25.5. The topological polar surface area (TPSA) is 237 Å². The van der Waals surface area contributed by atoms with Crippen LogP contribution in [0.3, 0.4) is 0 Å². The van der Waals surface area contributed by atoms with Crippen molar-refractivity contribution in [1.82, 2.24) is 0 Å². The van der Waals surface area contributed by atoms with E-state index >= 15 is 0 Å². The highest BCUT2D eigenvalue weighted by atomic mass is 31.2. The van der Waals surface area contributed by atoms with Gasteiger partial charge in [-0.15, -0.1) is 0 Å². The van der Waals surface area contributed by atoms with Crippen molar-refractivity contribution in [3.63, 3.8) is 0 Å². The lowest BCUT2D eigenvalue weighted by Crippen LogP contribution is -2.30. The van der Waals surface area contributed by atoms with Crippen molar-refractivity contribution in [3.05, 3.63) is 243 Å². The minimum atomic E-state index is -5.04. The number of aliphatic hydroxyl groups excluding tert-OH is 1. The lowest BCUT2D eigenvalue weighted by molar-refractivity contribution is -0.161. The Morgan fingerprint density at radius 3 is 0.782 bits per heavy atom. The molecule has 5 unspecified atom stereocenters. The predicted molar refractivity (Wildman–Crippen MR) is 454 cm³/mol. The molecule has 3 N–H and O–H groups in total. The third-order valence-corrected chi connectivity index (χ3v) is 17.2. The summed E-state index contributed by atoms with van der Waals surface area (Å²) in [6.45, 7) is 4.11. The van der Waals surface area contributed by atoms with Gasteiger partial charge in [0.15, 0.2) is 12.2 Å². The highest BCUT2D eigenvalue weighted by Crippen LogP contribution is 2.45. The molecule has 0 fully saturated rings. The van der Waals surface area contributed by atoms with Gasteiger partial charge in [0.2, 0.25) is 0 Å². The third kappa shape index (κ3) is 79.0. The molecule has 0 heterocycles. The molecule has 0 bridgehead atoms. The molecule has 614 valence electrons. The van der Waals surface area contributed by atoms with Gasteiger partial charge in [0.05, 0.1) is 26.4 Å². The van der Waals surface area contributed by atoms with E-state index in [1.54, 1.807) is 0 Å². The molecule has 19 heteroatoms.